The van der Waals surface area contributed by atoms with Gasteiger partial charge in [-0.3, -0.25) is 0 Å². The van der Waals surface area contributed by atoms with Gasteiger partial charge in [-0.2, -0.15) is 0 Å². The molecule has 0 amide bonds. The average molecular weight is 179 g/mol. The summed E-state index contributed by atoms with van der Waals surface area (Å²) in [6, 6.07) is 0.779. The second-order valence-corrected chi connectivity index (χ2v) is 4.22. The molecule has 2 aliphatic heterocycles. The zero-order valence-corrected chi connectivity index (χ0v) is 8.24. The molecule has 3 heteroatoms. The standard InChI is InChI=1S/C10H18BNO/c11-9-1-5-12(6-2-9)10-3-7-13-8-4-10/h9-10H,1-8H2. The molecule has 2 heterocycles. The molecular formula is C10H18BNO. The highest BCUT2D eigenvalue weighted by Crippen LogP contribution is 2.24. The number of piperidine rings is 1. The summed E-state index contributed by atoms with van der Waals surface area (Å²) >= 11 is 0. The number of ether oxygens (including phenoxy) is 1. The van der Waals surface area contributed by atoms with Crippen molar-refractivity contribution in [2.45, 2.75) is 37.5 Å². The molecule has 2 aliphatic rings. The van der Waals surface area contributed by atoms with Crippen molar-refractivity contribution in [2.24, 2.45) is 0 Å². The van der Waals surface area contributed by atoms with E-state index in [9.17, 15) is 0 Å². The average Bonchev–Trinajstić information content (AvgIpc) is 2.20. The van der Waals surface area contributed by atoms with Gasteiger partial charge in [0.05, 0.1) is 7.85 Å². The molecule has 72 valence electrons. The van der Waals surface area contributed by atoms with Crippen LogP contribution in [0.1, 0.15) is 25.7 Å². The second kappa shape index (κ2) is 4.47. The fraction of sp³-hybridized carbons (Fsp3) is 1.00. The summed E-state index contributed by atoms with van der Waals surface area (Å²) in [4.78, 5) is 2.60. The molecule has 0 aromatic rings. The van der Waals surface area contributed by atoms with Crippen LogP contribution in [0, 0.1) is 0 Å². The SMILES string of the molecule is [B]C1CCN(C2CCOCC2)CC1. The fourth-order valence-electron chi connectivity index (χ4n) is 2.33. The first kappa shape index (κ1) is 9.54. The predicted molar refractivity (Wildman–Crippen MR) is 54.2 cm³/mol. The lowest BCUT2D eigenvalue weighted by Crippen LogP contribution is -2.43. The first-order chi connectivity index (χ1) is 6.36. The summed E-state index contributed by atoms with van der Waals surface area (Å²) in [6.45, 7) is 4.30. The highest BCUT2D eigenvalue weighted by Gasteiger charge is 2.24. The van der Waals surface area contributed by atoms with Gasteiger partial charge in [-0.15, -0.1) is 0 Å². The number of hydrogen-bond acceptors (Lipinski definition) is 2. The molecule has 2 fully saturated rings. The van der Waals surface area contributed by atoms with Gasteiger partial charge in [0.2, 0.25) is 0 Å². The van der Waals surface area contributed by atoms with E-state index in [2.05, 4.69) is 4.90 Å². The Labute approximate surface area is 82.0 Å². The monoisotopic (exact) mass is 179 g/mol. The fourth-order valence-corrected chi connectivity index (χ4v) is 2.33. The lowest BCUT2D eigenvalue weighted by Gasteiger charge is -2.38. The van der Waals surface area contributed by atoms with Gasteiger partial charge in [0.25, 0.3) is 0 Å². The molecule has 0 unspecified atom stereocenters. The van der Waals surface area contributed by atoms with Crippen molar-refractivity contribution in [3.05, 3.63) is 0 Å². The number of hydrogen-bond donors (Lipinski definition) is 0. The third-order valence-corrected chi connectivity index (χ3v) is 3.28. The third kappa shape index (κ3) is 2.47. The van der Waals surface area contributed by atoms with Gasteiger partial charge in [-0.1, -0.05) is 5.82 Å². The number of likely N-dealkylation sites (tertiary alicyclic amines) is 1. The maximum atomic E-state index is 5.88. The molecule has 2 saturated heterocycles. The van der Waals surface area contributed by atoms with E-state index in [1.165, 1.54) is 38.8 Å². The molecule has 0 bridgehead atoms. The highest BCUT2D eigenvalue weighted by molar-refractivity contribution is 6.11. The molecule has 0 N–H and O–H groups in total. The van der Waals surface area contributed by atoms with Gasteiger partial charge < -0.3 is 9.64 Å². The minimum atomic E-state index is 0.455. The van der Waals surface area contributed by atoms with Crippen LogP contribution in [0.15, 0.2) is 0 Å². The minimum Gasteiger partial charge on any atom is -0.381 e. The lowest BCUT2D eigenvalue weighted by atomic mass is 9.79. The molecule has 2 nitrogen and oxygen atoms in total. The zero-order chi connectivity index (χ0) is 9.10. The molecule has 0 atom stereocenters. The quantitative estimate of drug-likeness (QED) is 0.561. The van der Waals surface area contributed by atoms with Gasteiger partial charge in [-0.25, -0.2) is 0 Å². The maximum absolute atomic E-state index is 5.88. The molecule has 0 aromatic carbocycles. The van der Waals surface area contributed by atoms with Crippen molar-refractivity contribution < 1.29 is 4.74 Å². The summed E-state index contributed by atoms with van der Waals surface area (Å²) < 4.78 is 5.36. The minimum absolute atomic E-state index is 0.455. The van der Waals surface area contributed by atoms with Gasteiger partial charge in [-0.05, 0) is 38.8 Å². The summed E-state index contributed by atoms with van der Waals surface area (Å²) in [5.41, 5.74) is 0. The van der Waals surface area contributed by atoms with Crippen LogP contribution < -0.4 is 0 Å². The van der Waals surface area contributed by atoms with Crippen LogP contribution in [0.4, 0.5) is 0 Å². The van der Waals surface area contributed by atoms with Gasteiger partial charge in [0, 0.05) is 19.3 Å². The van der Waals surface area contributed by atoms with E-state index >= 15 is 0 Å². The van der Waals surface area contributed by atoms with E-state index in [1.54, 1.807) is 0 Å². The Morgan fingerprint density at radius 3 is 2.23 bits per heavy atom. The van der Waals surface area contributed by atoms with Crippen molar-refractivity contribution >= 4 is 7.85 Å². The summed E-state index contributed by atoms with van der Waals surface area (Å²) in [7, 11) is 5.88. The van der Waals surface area contributed by atoms with E-state index in [4.69, 9.17) is 12.6 Å². The Morgan fingerprint density at radius 2 is 1.62 bits per heavy atom. The van der Waals surface area contributed by atoms with Gasteiger partial charge in [0.1, 0.15) is 0 Å². The molecule has 0 aliphatic carbocycles. The van der Waals surface area contributed by atoms with Crippen LogP contribution in [0.5, 0.6) is 0 Å². The van der Waals surface area contributed by atoms with E-state index in [-0.39, 0.29) is 0 Å². The van der Waals surface area contributed by atoms with E-state index in [0.29, 0.717) is 5.82 Å². The van der Waals surface area contributed by atoms with Crippen LogP contribution in [-0.4, -0.2) is 45.1 Å². The first-order valence-electron chi connectivity index (χ1n) is 5.43. The first-order valence-corrected chi connectivity index (χ1v) is 5.43. The normalized spacial score (nSPS) is 29.2. The molecule has 2 radical (unpaired) electrons. The largest absolute Gasteiger partial charge is 0.381 e. The summed E-state index contributed by atoms with van der Waals surface area (Å²) in [5, 5.41) is 0. The third-order valence-electron chi connectivity index (χ3n) is 3.28. The van der Waals surface area contributed by atoms with Crippen LogP contribution in [0.25, 0.3) is 0 Å². The van der Waals surface area contributed by atoms with Crippen molar-refractivity contribution in [1.29, 1.82) is 0 Å². The van der Waals surface area contributed by atoms with Crippen LogP contribution >= 0.6 is 0 Å². The molecule has 2 rings (SSSR count). The Kier molecular flexibility index (Phi) is 3.28. The van der Waals surface area contributed by atoms with Crippen LogP contribution in [0.3, 0.4) is 0 Å². The van der Waals surface area contributed by atoms with Crippen LogP contribution in [-0.2, 0) is 4.74 Å². The van der Waals surface area contributed by atoms with E-state index < -0.39 is 0 Å². The smallest absolute Gasteiger partial charge is 0.0700 e. The highest BCUT2D eigenvalue weighted by atomic mass is 16.5. The zero-order valence-electron chi connectivity index (χ0n) is 8.24. The number of rotatable bonds is 1. The van der Waals surface area contributed by atoms with E-state index in [0.717, 1.165) is 19.3 Å². The topological polar surface area (TPSA) is 12.5 Å². The molecular weight excluding hydrogens is 161 g/mol. The maximum Gasteiger partial charge on any atom is 0.0700 e. The second-order valence-electron chi connectivity index (χ2n) is 4.22. The summed E-state index contributed by atoms with van der Waals surface area (Å²) in [6.07, 6.45) is 4.79. The van der Waals surface area contributed by atoms with Crippen molar-refractivity contribution in [3.8, 4) is 0 Å². The van der Waals surface area contributed by atoms with Crippen LogP contribution in [0.2, 0.25) is 5.82 Å². The van der Waals surface area contributed by atoms with Crippen molar-refractivity contribution in [2.75, 3.05) is 26.3 Å². The molecule has 0 spiro atoms. The Hall–Kier alpha value is -0.0151. The predicted octanol–water partition coefficient (Wildman–Crippen LogP) is 1.22. The molecule has 0 saturated carbocycles. The van der Waals surface area contributed by atoms with Gasteiger partial charge in [0.15, 0.2) is 0 Å². The van der Waals surface area contributed by atoms with Gasteiger partial charge >= 0.3 is 0 Å². The molecule has 0 aromatic heterocycles. The molecule has 13 heavy (non-hydrogen) atoms. The van der Waals surface area contributed by atoms with Crippen molar-refractivity contribution in [3.63, 3.8) is 0 Å². The van der Waals surface area contributed by atoms with Crippen molar-refractivity contribution in [1.82, 2.24) is 4.90 Å². The Morgan fingerprint density at radius 1 is 1.00 bits per heavy atom. The lowest BCUT2D eigenvalue weighted by molar-refractivity contribution is 0.0275. The Bertz CT molecular complexity index is 151. The number of nitrogens with zero attached hydrogens (tertiary/aromatic N) is 1. The summed E-state index contributed by atoms with van der Waals surface area (Å²) in [5.74, 6) is 0.455. The van der Waals surface area contributed by atoms with E-state index in [1.807, 2.05) is 0 Å². The Balaban J connectivity index is 1.79.